The number of non-ortho nitro benzene ring substituents is 1. The topological polar surface area (TPSA) is 111 Å². The van der Waals surface area contributed by atoms with Gasteiger partial charge in [-0.25, -0.2) is 4.79 Å². The Hall–Kier alpha value is -2.68. The van der Waals surface area contributed by atoms with Crippen LogP contribution in [0.1, 0.15) is 48.9 Å². The summed E-state index contributed by atoms with van der Waals surface area (Å²) < 4.78 is 10.3. The van der Waals surface area contributed by atoms with Crippen LogP contribution in [-0.2, 0) is 14.3 Å². The maximum absolute atomic E-state index is 12.8. The van der Waals surface area contributed by atoms with Crippen molar-refractivity contribution in [1.82, 2.24) is 4.90 Å². The zero-order chi connectivity index (χ0) is 21.5. The Kier molecular flexibility index (Phi) is 7.62. The van der Waals surface area contributed by atoms with Crippen LogP contribution in [-0.4, -0.2) is 61.2 Å². The van der Waals surface area contributed by atoms with E-state index in [2.05, 4.69) is 5.32 Å². The first kappa shape index (κ1) is 22.0. The van der Waals surface area contributed by atoms with Crippen molar-refractivity contribution in [2.24, 2.45) is 5.92 Å². The first-order valence-electron chi connectivity index (χ1n) is 10.5. The standard InChI is InChI=1S/C21H29N3O6/c1-29-12-10-22-18-9-8-16(24(27)28)13-17(18)21(26)30-14-20(25)23-11-4-6-15-5-2-3-7-19(15)23/h8-9,13,15,19,22H,2-7,10-12,14H2,1H3/t15-,19-/m0/s1. The number of methoxy groups -OCH3 is 1. The number of nitro groups is 1. The molecule has 1 aliphatic carbocycles. The van der Waals surface area contributed by atoms with Crippen molar-refractivity contribution >= 4 is 23.3 Å². The predicted octanol–water partition coefficient (Wildman–Crippen LogP) is 2.99. The lowest BCUT2D eigenvalue weighted by Gasteiger charge is -2.44. The Morgan fingerprint density at radius 2 is 2.00 bits per heavy atom. The van der Waals surface area contributed by atoms with Gasteiger partial charge in [-0.3, -0.25) is 14.9 Å². The van der Waals surface area contributed by atoms with Crippen LogP contribution >= 0.6 is 0 Å². The van der Waals surface area contributed by atoms with Gasteiger partial charge in [0.15, 0.2) is 6.61 Å². The molecule has 1 heterocycles. The molecule has 2 atom stereocenters. The second-order valence-corrected chi connectivity index (χ2v) is 7.82. The van der Waals surface area contributed by atoms with Crippen molar-refractivity contribution in [2.45, 2.75) is 44.6 Å². The Morgan fingerprint density at radius 1 is 1.23 bits per heavy atom. The molecule has 0 radical (unpaired) electrons. The molecule has 9 nitrogen and oxygen atoms in total. The fraction of sp³-hybridized carbons (Fsp3) is 0.619. The number of carbonyl (C=O) groups excluding carboxylic acids is 2. The number of piperidine rings is 1. The number of esters is 1. The number of ether oxygens (including phenoxy) is 2. The van der Waals surface area contributed by atoms with E-state index in [0.717, 1.165) is 32.1 Å². The van der Waals surface area contributed by atoms with E-state index < -0.39 is 10.9 Å². The minimum Gasteiger partial charge on any atom is -0.452 e. The van der Waals surface area contributed by atoms with Crippen LogP contribution in [0.25, 0.3) is 0 Å². The first-order valence-corrected chi connectivity index (χ1v) is 10.5. The summed E-state index contributed by atoms with van der Waals surface area (Å²) >= 11 is 0. The van der Waals surface area contributed by atoms with Gasteiger partial charge in [0.1, 0.15) is 0 Å². The molecule has 1 aromatic carbocycles. The average molecular weight is 419 g/mol. The molecule has 0 unspecified atom stereocenters. The minimum absolute atomic E-state index is 0.0299. The van der Waals surface area contributed by atoms with Crippen molar-refractivity contribution in [1.29, 1.82) is 0 Å². The zero-order valence-electron chi connectivity index (χ0n) is 17.3. The van der Waals surface area contributed by atoms with Crippen LogP contribution in [0.5, 0.6) is 0 Å². The molecule has 1 aromatic rings. The Labute approximate surface area is 175 Å². The van der Waals surface area contributed by atoms with Crippen molar-refractivity contribution in [2.75, 3.05) is 38.7 Å². The lowest BCUT2D eigenvalue weighted by molar-refractivity contribution is -0.384. The molecule has 30 heavy (non-hydrogen) atoms. The largest absolute Gasteiger partial charge is 0.452 e. The van der Waals surface area contributed by atoms with E-state index in [9.17, 15) is 19.7 Å². The maximum Gasteiger partial charge on any atom is 0.341 e. The fourth-order valence-corrected chi connectivity index (χ4v) is 4.48. The van der Waals surface area contributed by atoms with Crippen LogP contribution in [0.15, 0.2) is 18.2 Å². The monoisotopic (exact) mass is 419 g/mol. The molecule has 2 fully saturated rings. The molecule has 2 aliphatic rings. The highest BCUT2D eigenvalue weighted by molar-refractivity contribution is 5.97. The third kappa shape index (κ3) is 5.27. The summed E-state index contributed by atoms with van der Waals surface area (Å²) in [6, 6.07) is 4.18. The summed E-state index contributed by atoms with van der Waals surface area (Å²) in [7, 11) is 1.55. The number of carbonyl (C=O) groups is 2. The van der Waals surface area contributed by atoms with Gasteiger partial charge in [-0.05, 0) is 37.7 Å². The first-order chi connectivity index (χ1) is 14.5. The average Bonchev–Trinajstić information content (AvgIpc) is 2.77. The number of fused-ring (bicyclic) bond motifs is 1. The van der Waals surface area contributed by atoms with Crippen LogP contribution in [0.2, 0.25) is 0 Å². The summed E-state index contributed by atoms with van der Waals surface area (Å²) in [5.41, 5.74) is 0.217. The third-order valence-electron chi connectivity index (χ3n) is 5.95. The van der Waals surface area contributed by atoms with Crippen molar-refractivity contribution in [3.05, 3.63) is 33.9 Å². The van der Waals surface area contributed by atoms with Crippen LogP contribution in [0.4, 0.5) is 11.4 Å². The molecule has 1 saturated heterocycles. The van der Waals surface area contributed by atoms with Gasteiger partial charge in [0, 0.05) is 44.1 Å². The van der Waals surface area contributed by atoms with Gasteiger partial charge in [-0.2, -0.15) is 0 Å². The number of benzene rings is 1. The highest BCUT2D eigenvalue weighted by Crippen LogP contribution is 2.35. The lowest BCUT2D eigenvalue weighted by atomic mass is 9.78. The number of likely N-dealkylation sites (tertiary alicyclic amines) is 1. The Bertz CT molecular complexity index is 782. The van der Waals surface area contributed by atoms with E-state index in [-0.39, 0.29) is 29.8 Å². The zero-order valence-corrected chi connectivity index (χ0v) is 17.3. The molecule has 0 spiro atoms. The predicted molar refractivity (Wildman–Crippen MR) is 110 cm³/mol. The van der Waals surface area contributed by atoms with Crippen molar-refractivity contribution in [3.63, 3.8) is 0 Å². The Balaban J connectivity index is 1.66. The van der Waals surface area contributed by atoms with Gasteiger partial charge in [0.2, 0.25) is 0 Å². The summed E-state index contributed by atoms with van der Waals surface area (Å²) in [6.07, 6.45) is 6.61. The van der Waals surface area contributed by atoms with E-state index in [1.165, 1.54) is 24.6 Å². The lowest BCUT2D eigenvalue weighted by Crippen LogP contribution is -2.50. The van der Waals surface area contributed by atoms with Crippen LogP contribution < -0.4 is 5.32 Å². The molecule has 1 amide bonds. The molecule has 3 rings (SSSR count). The molecule has 0 bridgehead atoms. The van der Waals surface area contributed by atoms with Gasteiger partial charge in [0.05, 0.1) is 17.1 Å². The second-order valence-electron chi connectivity index (χ2n) is 7.82. The molecule has 1 N–H and O–H groups in total. The minimum atomic E-state index is -0.760. The number of hydrogen-bond acceptors (Lipinski definition) is 7. The van der Waals surface area contributed by atoms with E-state index >= 15 is 0 Å². The molecular weight excluding hydrogens is 390 g/mol. The number of nitrogens with one attached hydrogen (secondary N) is 1. The molecular formula is C21H29N3O6. The fourth-order valence-electron chi connectivity index (χ4n) is 4.48. The number of hydrogen-bond donors (Lipinski definition) is 1. The number of nitrogens with zero attached hydrogens (tertiary/aromatic N) is 2. The third-order valence-corrected chi connectivity index (χ3v) is 5.95. The molecule has 1 aliphatic heterocycles. The smallest absolute Gasteiger partial charge is 0.341 e. The highest BCUT2D eigenvalue weighted by atomic mass is 16.6. The summed E-state index contributed by atoms with van der Waals surface area (Å²) in [4.78, 5) is 37.8. The summed E-state index contributed by atoms with van der Waals surface area (Å²) in [5, 5.41) is 14.1. The summed E-state index contributed by atoms with van der Waals surface area (Å²) in [6.45, 7) is 1.16. The van der Waals surface area contributed by atoms with Gasteiger partial charge >= 0.3 is 5.97 Å². The van der Waals surface area contributed by atoms with Crippen molar-refractivity contribution < 1.29 is 24.0 Å². The molecule has 164 valence electrons. The number of nitro benzene ring substituents is 1. The van der Waals surface area contributed by atoms with E-state index in [1.807, 2.05) is 4.90 Å². The Morgan fingerprint density at radius 3 is 2.77 bits per heavy atom. The number of anilines is 1. The summed E-state index contributed by atoms with van der Waals surface area (Å²) in [5.74, 6) is -0.413. The second kappa shape index (κ2) is 10.4. The SMILES string of the molecule is COCCNc1ccc([N+](=O)[O-])cc1C(=O)OCC(=O)N1CCC[C@@H]2CCCC[C@@H]21. The van der Waals surface area contributed by atoms with Crippen LogP contribution in [0.3, 0.4) is 0 Å². The molecule has 9 heteroatoms. The van der Waals surface area contributed by atoms with Gasteiger partial charge in [0.25, 0.3) is 11.6 Å². The maximum atomic E-state index is 12.8. The van der Waals surface area contributed by atoms with E-state index in [1.54, 1.807) is 7.11 Å². The quantitative estimate of drug-likeness (QED) is 0.298. The number of rotatable bonds is 8. The normalized spacial score (nSPS) is 20.9. The van der Waals surface area contributed by atoms with Gasteiger partial charge in [-0.1, -0.05) is 12.8 Å². The van der Waals surface area contributed by atoms with Crippen molar-refractivity contribution in [3.8, 4) is 0 Å². The van der Waals surface area contributed by atoms with Gasteiger partial charge in [-0.15, -0.1) is 0 Å². The van der Waals surface area contributed by atoms with E-state index in [4.69, 9.17) is 9.47 Å². The number of amides is 1. The molecule has 0 aromatic heterocycles. The van der Waals surface area contributed by atoms with Crippen LogP contribution in [0, 0.1) is 16.0 Å². The van der Waals surface area contributed by atoms with Gasteiger partial charge < -0.3 is 19.7 Å². The molecule has 1 saturated carbocycles. The van der Waals surface area contributed by atoms with E-state index in [0.29, 0.717) is 31.3 Å². The highest BCUT2D eigenvalue weighted by Gasteiger charge is 2.36.